The number of nitrogens with one attached hydrogen (secondary N) is 1. The molecule has 1 aliphatic heterocycles. The zero-order valence-electron chi connectivity index (χ0n) is 16.1. The summed E-state index contributed by atoms with van der Waals surface area (Å²) >= 11 is 0. The summed E-state index contributed by atoms with van der Waals surface area (Å²) in [6.07, 6.45) is 1.68. The highest BCUT2D eigenvalue weighted by atomic mass is 19.2. The van der Waals surface area contributed by atoms with E-state index in [9.17, 15) is 23.1 Å². The molecule has 1 fully saturated rings. The van der Waals surface area contributed by atoms with Crippen molar-refractivity contribution in [3.8, 4) is 5.75 Å². The molecule has 156 valence electrons. The maximum Gasteiger partial charge on any atom is 0.407 e. The molecule has 0 saturated carbocycles. The van der Waals surface area contributed by atoms with E-state index < -0.39 is 41.1 Å². The molecule has 0 spiro atoms. The average molecular weight is 410 g/mol. The van der Waals surface area contributed by atoms with Crippen molar-refractivity contribution < 1.29 is 27.8 Å². The summed E-state index contributed by atoms with van der Waals surface area (Å²) in [4.78, 5) is 21.9. The molecule has 1 aliphatic rings. The number of halogens is 3. The molecular weight excluding hydrogens is 389 g/mol. The highest BCUT2D eigenvalue weighted by molar-refractivity contribution is 5.68. The summed E-state index contributed by atoms with van der Waals surface area (Å²) in [7, 11) is 0. The second kappa shape index (κ2) is 7.76. The number of ether oxygens (including phenoxy) is 1. The van der Waals surface area contributed by atoms with Gasteiger partial charge < -0.3 is 20.1 Å². The molecule has 2 unspecified atom stereocenters. The number of amides is 1. The molecule has 2 atom stereocenters. The van der Waals surface area contributed by atoms with E-state index in [4.69, 9.17) is 4.74 Å². The summed E-state index contributed by atoms with van der Waals surface area (Å²) in [5.74, 6) is -3.99. The van der Waals surface area contributed by atoms with Gasteiger partial charge in [-0.2, -0.15) is 0 Å². The van der Waals surface area contributed by atoms with E-state index in [2.05, 4.69) is 15.3 Å². The SMILES string of the molecule is CC(C)(C)OC(=O)NC1CN(c2ncc(O)cn2)CC1c1cc(F)c(F)cc1F. The Bertz CT molecular complexity index is 903. The molecule has 1 amide bonds. The number of carbonyl (C=O) groups excluding carboxylic acids is 1. The lowest BCUT2D eigenvalue weighted by Crippen LogP contribution is -2.43. The van der Waals surface area contributed by atoms with Gasteiger partial charge in [-0.25, -0.2) is 27.9 Å². The fourth-order valence-electron chi connectivity index (χ4n) is 3.19. The Kier molecular flexibility index (Phi) is 5.54. The standard InChI is InChI=1S/C19H21F3N4O3/c1-19(2,3)29-18(28)25-16-9-26(17-23-6-10(27)7-24-17)8-12(16)11-4-14(21)15(22)5-13(11)20/h4-7,12,16,27H,8-9H2,1-3H3,(H,25,28). The quantitative estimate of drug-likeness (QED) is 0.757. The van der Waals surface area contributed by atoms with Crippen LogP contribution in [0, 0.1) is 17.5 Å². The molecule has 7 nitrogen and oxygen atoms in total. The van der Waals surface area contributed by atoms with Crippen LogP contribution in [-0.4, -0.2) is 45.9 Å². The van der Waals surface area contributed by atoms with Crippen molar-refractivity contribution in [2.75, 3.05) is 18.0 Å². The number of anilines is 1. The van der Waals surface area contributed by atoms with E-state index in [1.165, 1.54) is 12.4 Å². The zero-order chi connectivity index (χ0) is 21.3. The second-order valence-corrected chi connectivity index (χ2v) is 7.79. The molecule has 1 aromatic heterocycles. The lowest BCUT2D eigenvalue weighted by Gasteiger charge is -2.24. The monoisotopic (exact) mass is 410 g/mol. The molecule has 2 aromatic rings. The number of benzene rings is 1. The van der Waals surface area contributed by atoms with Gasteiger partial charge in [-0.1, -0.05) is 0 Å². The molecule has 3 rings (SSSR count). The van der Waals surface area contributed by atoms with Crippen molar-refractivity contribution in [1.29, 1.82) is 0 Å². The third-order valence-corrected chi connectivity index (χ3v) is 4.37. The molecule has 29 heavy (non-hydrogen) atoms. The third kappa shape index (κ3) is 4.87. The predicted octanol–water partition coefficient (Wildman–Crippen LogP) is 3.10. The van der Waals surface area contributed by atoms with Gasteiger partial charge in [-0.15, -0.1) is 0 Å². The summed E-state index contributed by atoms with van der Waals surface area (Å²) in [6, 6.07) is 0.594. The number of hydrogen-bond donors (Lipinski definition) is 2. The number of alkyl carbamates (subject to hydrolysis) is 1. The first kappa shape index (κ1) is 20.7. The first-order valence-corrected chi connectivity index (χ1v) is 8.93. The highest BCUT2D eigenvalue weighted by Crippen LogP contribution is 2.32. The minimum absolute atomic E-state index is 0.0776. The van der Waals surface area contributed by atoms with Crippen LogP contribution >= 0.6 is 0 Å². The Labute approximate surface area is 165 Å². The Morgan fingerprint density at radius 3 is 2.38 bits per heavy atom. The van der Waals surface area contributed by atoms with Gasteiger partial charge in [-0.3, -0.25) is 0 Å². The number of nitrogens with zero attached hydrogens (tertiary/aromatic N) is 3. The highest BCUT2D eigenvalue weighted by Gasteiger charge is 2.38. The molecule has 2 heterocycles. The van der Waals surface area contributed by atoms with Gasteiger partial charge in [0.1, 0.15) is 11.4 Å². The molecule has 10 heteroatoms. The van der Waals surface area contributed by atoms with Crippen LogP contribution in [-0.2, 0) is 4.74 Å². The van der Waals surface area contributed by atoms with Gasteiger partial charge in [0.15, 0.2) is 17.4 Å². The van der Waals surface area contributed by atoms with Crippen LogP contribution in [0.3, 0.4) is 0 Å². The zero-order valence-corrected chi connectivity index (χ0v) is 16.1. The lowest BCUT2D eigenvalue weighted by atomic mass is 9.93. The summed E-state index contributed by atoms with van der Waals surface area (Å²) in [5.41, 5.74) is -0.822. The van der Waals surface area contributed by atoms with Gasteiger partial charge in [0, 0.05) is 25.1 Å². The van der Waals surface area contributed by atoms with Gasteiger partial charge >= 0.3 is 6.09 Å². The number of carbonyl (C=O) groups is 1. The summed E-state index contributed by atoms with van der Waals surface area (Å²) < 4.78 is 46.8. The maximum atomic E-state index is 14.4. The van der Waals surface area contributed by atoms with Crippen LogP contribution in [0.4, 0.5) is 23.9 Å². The Morgan fingerprint density at radius 1 is 1.14 bits per heavy atom. The minimum Gasteiger partial charge on any atom is -0.505 e. The van der Waals surface area contributed by atoms with Gasteiger partial charge in [0.25, 0.3) is 0 Å². The first-order chi connectivity index (χ1) is 13.5. The number of aromatic nitrogens is 2. The maximum absolute atomic E-state index is 14.4. The van der Waals surface area contributed by atoms with E-state index in [0.29, 0.717) is 6.07 Å². The topological polar surface area (TPSA) is 87.6 Å². The molecule has 2 N–H and O–H groups in total. The van der Waals surface area contributed by atoms with Crippen LogP contribution < -0.4 is 10.2 Å². The van der Waals surface area contributed by atoms with Crippen molar-refractivity contribution >= 4 is 12.0 Å². The number of aromatic hydroxyl groups is 1. The van der Waals surface area contributed by atoms with Gasteiger partial charge in [0.2, 0.25) is 5.95 Å². The first-order valence-electron chi connectivity index (χ1n) is 8.93. The Hall–Kier alpha value is -3.04. The van der Waals surface area contributed by atoms with Crippen LogP contribution in [0.5, 0.6) is 5.75 Å². The van der Waals surface area contributed by atoms with Gasteiger partial charge in [0.05, 0.1) is 18.4 Å². The van der Waals surface area contributed by atoms with E-state index in [-0.39, 0.29) is 30.4 Å². The molecule has 1 saturated heterocycles. The lowest BCUT2D eigenvalue weighted by molar-refractivity contribution is 0.0504. The van der Waals surface area contributed by atoms with E-state index in [1.54, 1.807) is 25.7 Å². The third-order valence-electron chi connectivity index (χ3n) is 4.37. The fourth-order valence-corrected chi connectivity index (χ4v) is 3.19. The number of hydrogen-bond acceptors (Lipinski definition) is 6. The van der Waals surface area contributed by atoms with E-state index in [0.717, 1.165) is 6.07 Å². The second-order valence-electron chi connectivity index (χ2n) is 7.79. The fraction of sp³-hybridized carbons (Fsp3) is 0.421. The molecule has 1 aromatic carbocycles. The van der Waals surface area contributed by atoms with Crippen molar-refractivity contribution in [2.24, 2.45) is 0 Å². The van der Waals surface area contributed by atoms with Crippen LogP contribution in [0.1, 0.15) is 32.3 Å². The molecule has 0 bridgehead atoms. The smallest absolute Gasteiger partial charge is 0.407 e. The average Bonchev–Trinajstić information content (AvgIpc) is 3.00. The number of rotatable bonds is 3. The van der Waals surface area contributed by atoms with Crippen LogP contribution in [0.15, 0.2) is 24.5 Å². The normalized spacial score (nSPS) is 19.3. The van der Waals surface area contributed by atoms with Crippen molar-refractivity contribution in [2.45, 2.75) is 38.3 Å². The molecule has 0 radical (unpaired) electrons. The van der Waals surface area contributed by atoms with E-state index in [1.807, 2.05) is 0 Å². The Balaban J connectivity index is 1.90. The summed E-state index contributed by atoms with van der Waals surface area (Å²) in [5, 5.41) is 12.0. The van der Waals surface area contributed by atoms with Crippen molar-refractivity contribution in [3.63, 3.8) is 0 Å². The van der Waals surface area contributed by atoms with Crippen LogP contribution in [0.25, 0.3) is 0 Å². The Morgan fingerprint density at radius 2 is 1.76 bits per heavy atom. The predicted molar refractivity (Wildman–Crippen MR) is 98.1 cm³/mol. The minimum atomic E-state index is -1.29. The van der Waals surface area contributed by atoms with E-state index >= 15 is 0 Å². The molecular formula is C19H21F3N4O3. The largest absolute Gasteiger partial charge is 0.505 e. The molecule has 0 aliphatic carbocycles. The van der Waals surface area contributed by atoms with Gasteiger partial charge in [-0.05, 0) is 32.4 Å². The van der Waals surface area contributed by atoms with Crippen LogP contribution in [0.2, 0.25) is 0 Å². The van der Waals surface area contributed by atoms with Crippen molar-refractivity contribution in [3.05, 3.63) is 47.5 Å². The van der Waals surface area contributed by atoms with Crippen molar-refractivity contribution in [1.82, 2.24) is 15.3 Å². The summed E-state index contributed by atoms with van der Waals surface area (Å²) in [6.45, 7) is 5.40.